The fourth-order valence-corrected chi connectivity index (χ4v) is 12.3. The number of ether oxygens (including phenoxy) is 1. The smallest absolute Gasteiger partial charge is 0.391 e. The van der Waals surface area contributed by atoms with E-state index < -0.39 is 84.4 Å². The minimum Gasteiger partial charge on any atom is -0.391 e. The van der Waals surface area contributed by atoms with Crippen LogP contribution in [0.4, 0.5) is 5.69 Å². The van der Waals surface area contributed by atoms with Gasteiger partial charge in [0.15, 0.2) is 0 Å². The van der Waals surface area contributed by atoms with Crippen molar-refractivity contribution in [3.05, 3.63) is 106 Å². The molecule has 22 nitrogen and oxygen atoms in total. The Labute approximate surface area is 485 Å². The summed E-state index contributed by atoms with van der Waals surface area (Å²) in [6.45, 7) is 8.19. The van der Waals surface area contributed by atoms with Gasteiger partial charge in [-0.3, -0.25) is 47.8 Å². The average Bonchev–Trinajstić information content (AvgIpc) is 4.45. The molecule has 0 saturated carbocycles. The molecule has 2 aromatic heterocycles. The molecule has 6 atom stereocenters. The third-order valence-electron chi connectivity index (χ3n) is 15.5. The molecule has 8 rings (SSSR count). The molecule has 3 aromatic carbocycles. The van der Waals surface area contributed by atoms with Crippen LogP contribution in [-0.4, -0.2) is 133 Å². The van der Waals surface area contributed by atoms with Crippen molar-refractivity contribution in [1.29, 1.82) is 0 Å². The first-order valence-corrected chi connectivity index (χ1v) is 30.6. The van der Waals surface area contributed by atoms with Gasteiger partial charge >= 0.3 is 7.60 Å². The van der Waals surface area contributed by atoms with E-state index in [1.807, 2.05) is 70.2 Å². The van der Waals surface area contributed by atoms with Crippen LogP contribution < -0.4 is 31.9 Å². The maximum Gasteiger partial charge on any atom is 0.396 e. The third-order valence-corrected chi connectivity index (χ3v) is 17.2. The highest BCUT2D eigenvalue weighted by Gasteiger charge is 2.46. The molecule has 10 N–H and O–H groups in total. The molecular formula is C59H74N9O13PS. The number of rotatable bonds is 26. The summed E-state index contributed by atoms with van der Waals surface area (Å²) in [6, 6.07) is 14.3. The Morgan fingerprint density at radius 1 is 0.904 bits per heavy atom. The molecule has 7 amide bonds. The lowest BCUT2D eigenvalue weighted by Crippen LogP contribution is -2.57. The largest absolute Gasteiger partial charge is 0.396 e. The molecule has 0 radical (unpaired) electrons. The number of aromatic amines is 1. The number of aliphatic hydroxyl groups excluding tert-OH is 1. The van der Waals surface area contributed by atoms with Gasteiger partial charge in [-0.15, -0.1) is 11.3 Å². The highest BCUT2D eigenvalue weighted by atomic mass is 32.1. The predicted octanol–water partition coefficient (Wildman–Crippen LogP) is 5.23. The molecule has 444 valence electrons. The number of carbonyl (C=O) groups is 8. The lowest BCUT2D eigenvalue weighted by Gasteiger charge is -2.35. The van der Waals surface area contributed by atoms with Gasteiger partial charge in [0.1, 0.15) is 29.9 Å². The van der Waals surface area contributed by atoms with Gasteiger partial charge in [0.2, 0.25) is 35.4 Å². The van der Waals surface area contributed by atoms with E-state index in [9.17, 15) is 57.8 Å². The molecule has 0 aliphatic carbocycles. The third kappa shape index (κ3) is 15.6. The van der Waals surface area contributed by atoms with Gasteiger partial charge in [-0.25, -0.2) is 4.98 Å². The van der Waals surface area contributed by atoms with Gasteiger partial charge in [0.25, 0.3) is 11.4 Å². The topological polar surface area (TPSA) is 333 Å². The minimum absolute atomic E-state index is 0.0195. The lowest BCUT2D eigenvalue weighted by atomic mass is 9.85. The maximum absolute atomic E-state index is 14.4. The van der Waals surface area contributed by atoms with E-state index >= 15 is 0 Å². The van der Waals surface area contributed by atoms with Crippen molar-refractivity contribution >= 4 is 82.4 Å². The fraction of sp³-hybridized carbons (Fsp3) is 0.475. The monoisotopic (exact) mass is 1180 g/mol. The molecule has 1 fully saturated rings. The van der Waals surface area contributed by atoms with Crippen LogP contribution in [0.2, 0.25) is 0 Å². The summed E-state index contributed by atoms with van der Waals surface area (Å²) in [5.74, 6) is -3.22. The minimum atomic E-state index is -5.05. The fourth-order valence-electron chi connectivity index (χ4n) is 11.0. The van der Waals surface area contributed by atoms with Crippen LogP contribution in [0.3, 0.4) is 0 Å². The van der Waals surface area contributed by atoms with E-state index in [1.54, 1.807) is 16.8 Å². The number of primary amides is 1. The number of unbranched alkanes of at least 4 members (excludes halogenated alkanes) is 5. The van der Waals surface area contributed by atoms with E-state index in [2.05, 4.69) is 31.2 Å². The summed E-state index contributed by atoms with van der Waals surface area (Å²) in [5.41, 5.74) is 10.6. The molecular weight excluding hydrogens is 1110 g/mol. The number of carbonyl (C=O) groups excluding carboxylic acids is 8. The number of anilines is 1. The summed E-state index contributed by atoms with van der Waals surface area (Å²) in [5, 5.41) is 22.7. The molecule has 5 heterocycles. The molecule has 0 unspecified atom stereocenters. The second-order valence-corrected chi connectivity index (χ2v) is 25.2. The summed E-state index contributed by atoms with van der Waals surface area (Å²) < 4.78 is 17.6. The normalized spacial score (nSPS) is 18.5. The first-order valence-electron chi connectivity index (χ1n) is 28.2. The van der Waals surface area contributed by atoms with Crippen molar-refractivity contribution in [3.63, 3.8) is 0 Å². The van der Waals surface area contributed by atoms with Crippen molar-refractivity contribution in [2.24, 2.45) is 11.1 Å². The zero-order valence-electron chi connectivity index (χ0n) is 47.1. The second-order valence-electron chi connectivity index (χ2n) is 22.9. The molecule has 3 aliphatic rings. The number of benzene rings is 3. The van der Waals surface area contributed by atoms with Crippen molar-refractivity contribution < 1.29 is 62.6 Å². The number of aliphatic hydroxyl groups is 1. The van der Waals surface area contributed by atoms with Crippen molar-refractivity contribution in [3.8, 4) is 10.4 Å². The number of nitrogens with two attached hydrogens (primary N) is 1. The van der Waals surface area contributed by atoms with Crippen LogP contribution in [-0.2, 0) is 57.5 Å². The molecule has 0 bridgehead atoms. The van der Waals surface area contributed by atoms with Crippen LogP contribution >= 0.6 is 18.9 Å². The molecule has 0 spiro atoms. The lowest BCUT2D eigenvalue weighted by molar-refractivity contribution is -0.144. The number of aromatic nitrogens is 2. The SMILES string of the molecule is Cc1ncsc1-c1ccc(CNC(=O)[C@@H]2C[C@@H](O)CN2C(=O)[C@@H](NC(=O)CCCCCCCCOC[C@H](CCC(N)=O)NC(=O)[C@@H]2Cc3cccc4c3N2C(=O)[C@@H](NC(=O)c2cc3cc(C(=O)P(=O)(O)O)ccc3[nH]2)CC4)C(C)(C)C)cc1. The van der Waals surface area contributed by atoms with E-state index in [0.29, 0.717) is 42.5 Å². The summed E-state index contributed by atoms with van der Waals surface area (Å²) >= 11 is 1.56. The van der Waals surface area contributed by atoms with E-state index in [0.717, 1.165) is 58.5 Å². The van der Waals surface area contributed by atoms with E-state index in [4.69, 9.17) is 10.5 Å². The number of hydrogen-bond donors (Lipinski definition) is 9. The zero-order valence-corrected chi connectivity index (χ0v) is 48.8. The first-order chi connectivity index (χ1) is 39.5. The number of nitrogens with one attached hydrogen (secondary N) is 5. The molecule has 3 aliphatic heterocycles. The summed E-state index contributed by atoms with van der Waals surface area (Å²) in [6.07, 6.45) is 5.09. The number of likely N-dealkylation sites (tertiary alicyclic amines) is 1. The Bertz CT molecular complexity index is 3280. The van der Waals surface area contributed by atoms with Crippen molar-refractivity contribution in [1.82, 2.24) is 36.1 Å². The van der Waals surface area contributed by atoms with Gasteiger partial charge in [-0.05, 0) is 91.0 Å². The van der Waals surface area contributed by atoms with Crippen LogP contribution in [0.25, 0.3) is 21.3 Å². The first kappa shape index (κ1) is 61.9. The number of hydrogen-bond acceptors (Lipinski definition) is 13. The molecule has 5 aromatic rings. The Hall–Kier alpha value is -7.14. The average molecular weight is 1180 g/mol. The van der Waals surface area contributed by atoms with Crippen LogP contribution in [0.5, 0.6) is 0 Å². The number of fused-ring (bicyclic) bond motifs is 1. The Balaban J connectivity index is 0.762. The van der Waals surface area contributed by atoms with E-state index in [-0.39, 0.29) is 81.3 Å². The second kappa shape index (κ2) is 27.1. The Morgan fingerprint density at radius 3 is 2.33 bits per heavy atom. The zero-order chi connectivity index (χ0) is 59.8. The molecule has 24 heteroatoms. The Morgan fingerprint density at radius 2 is 1.63 bits per heavy atom. The van der Waals surface area contributed by atoms with Gasteiger partial charge < -0.3 is 56.5 Å². The number of amides is 7. The molecule has 1 saturated heterocycles. The van der Waals surface area contributed by atoms with Crippen LogP contribution in [0, 0.1) is 12.3 Å². The number of H-pyrrole nitrogens is 1. The Kier molecular flexibility index (Phi) is 20.2. The number of aryl methyl sites for hydroxylation is 2. The number of β-amino-alcohol motifs (C(OH)–C–C–N with tert-alkyl or cyclic N) is 1. The number of thiazole rings is 1. The highest BCUT2D eigenvalue weighted by molar-refractivity contribution is 7.70. The summed E-state index contributed by atoms with van der Waals surface area (Å²) in [4.78, 5) is 137. The molecule has 83 heavy (non-hydrogen) atoms. The standard InChI is InChI=1S/C59H74N9O13PS/c1-34-51(83-33-62-34)37-17-15-35(16-18-37)30-61-54(73)46-29-42(69)31-67(46)57(76)52(59(2,3)4)66-49(71)14-9-7-5-6-8-10-25-81-32-41(21-24-48(60)70)63-55(74)47-28-38-13-11-12-36-19-23-44(56(75)68(47)50(36)38)65-53(72)45-27-40-26-39(20-22-43(40)64-45)58(77)82(78,79)80/h11-13,15-18,20,22,26-27,33,41-42,44,46-47,52,64,69H,5-10,14,19,21,23-25,28-32H2,1-4H3,(H2,60,70)(H,61,73)(H,63,74)(H,65,72)(H,66,71)(H2,78,79,80)/t41-,42+,44-,46-,47-,52+/m0/s1. The number of para-hydroxylation sites is 1. The van der Waals surface area contributed by atoms with Crippen LogP contribution in [0.1, 0.15) is 135 Å². The highest BCUT2D eigenvalue weighted by Crippen LogP contribution is 2.41. The van der Waals surface area contributed by atoms with Gasteiger partial charge in [-0.1, -0.05) is 88.9 Å². The maximum atomic E-state index is 14.4. The quantitative estimate of drug-likeness (QED) is 0.0253. The van der Waals surface area contributed by atoms with Gasteiger partial charge in [-0.2, -0.15) is 0 Å². The van der Waals surface area contributed by atoms with Crippen molar-refractivity contribution in [2.45, 2.75) is 154 Å². The van der Waals surface area contributed by atoms with Gasteiger partial charge in [0, 0.05) is 61.8 Å². The summed E-state index contributed by atoms with van der Waals surface area (Å²) in [7, 11) is -5.05. The number of nitrogens with zero attached hydrogens (tertiary/aromatic N) is 3. The predicted molar refractivity (Wildman–Crippen MR) is 311 cm³/mol. The van der Waals surface area contributed by atoms with Gasteiger partial charge in [0.05, 0.1) is 40.5 Å². The van der Waals surface area contributed by atoms with Crippen molar-refractivity contribution in [2.75, 3.05) is 24.7 Å². The van der Waals surface area contributed by atoms with Crippen LogP contribution in [0.15, 0.2) is 72.2 Å². The van der Waals surface area contributed by atoms with E-state index in [1.165, 1.54) is 34.1 Å².